The van der Waals surface area contributed by atoms with E-state index in [0.29, 0.717) is 11.1 Å². The van der Waals surface area contributed by atoms with Crippen molar-refractivity contribution in [3.8, 4) is 0 Å². The fraction of sp³-hybridized carbons (Fsp3) is 0.524. The number of carbonyl (C=O) groups excluding carboxylic acids is 2. The molecule has 0 radical (unpaired) electrons. The topological polar surface area (TPSA) is 64.6 Å². The molecule has 0 spiro atoms. The van der Waals surface area contributed by atoms with Gasteiger partial charge in [-0.2, -0.15) is 0 Å². The van der Waals surface area contributed by atoms with Crippen molar-refractivity contribution in [1.29, 1.82) is 0 Å². The minimum atomic E-state index is -1.98. The number of ether oxygens (including phenoxy) is 1. The lowest BCUT2D eigenvalue weighted by molar-refractivity contribution is -0.138. The first-order valence-corrected chi connectivity index (χ1v) is 12.2. The summed E-state index contributed by atoms with van der Waals surface area (Å²) in [4.78, 5) is 24.2. The molecule has 5 nitrogen and oxygen atoms in total. The highest BCUT2D eigenvalue weighted by atomic mass is 28.4. The van der Waals surface area contributed by atoms with E-state index in [1.807, 2.05) is 13.0 Å². The normalized spacial score (nSPS) is 21.0. The van der Waals surface area contributed by atoms with Gasteiger partial charge >= 0.3 is 5.97 Å². The molecule has 0 aromatic heterocycles. The number of esters is 1. The quantitative estimate of drug-likeness (QED) is 0.332. The molecular formula is C21H31NO4Si. The number of hydrogen-bond acceptors (Lipinski definition) is 4. The number of rotatable bonds is 7. The second-order valence-corrected chi connectivity index (χ2v) is 13.5. The third kappa shape index (κ3) is 4.87. The van der Waals surface area contributed by atoms with Gasteiger partial charge in [-0.05, 0) is 42.8 Å². The van der Waals surface area contributed by atoms with E-state index in [1.54, 1.807) is 24.3 Å². The first-order valence-electron chi connectivity index (χ1n) is 9.32. The van der Waals surface area contributed by atoms with Crippen LogP contribution >= 0.6 is 0 Å². The van der Waals surface area contributed by atoms with Crippen LogP contribution in [-0.2, 0) is 14.0 Å². The van der Waals surface area contributed by atoms with Gasteiger partial charge in [-0.3, -0.25) is 4.79 Å². The summed E-state index contributed by atoms with van der Waals surface area (Å²) in [6.45, 7) is 16.9. The third-order valence-corrected chi connectivity index (χ3v) is 10.2. The highest BCUT2D eigenvalue weighted by Crippen LogP contribution is 2.39. The molecule has 1 aromatic rings. The number of nitrogens with one attached hydrogen (secondary N) is 1. The lowest BCUT2D eigenvalue weighted by atomic mass is 9.82. The molecule has 1 aromatic carbocycles. The zero-order valence-electron chi connectivity index (χ0n) is 17.2. The highest BCUT2D eigenvalue weighted by Gasteiger charge is 2.48. The number of β-lactam (4-membered cyclic amide) rings is 1. The molecule has 27 heavy (non-hydrogen) atoms. The fourth-order valence-corrected chi connectivity index (χ4v) is 4.28. The van der Waals surface area contributed by atoms with Gasteiger partial charge in [0, 0.05) is 0 Å². The van der Waals surface area contributed by atoms with Crippen LogP contribution in [0.1, 0.15) is 38.1 Å². The van der Waals surface area contributed by atoms with Gasteiger partial charge < -0.3 is 14.5 Å². The molecule has 1 N–H and O–H groups in total. The van der Waals surface area contributed by atoms with Crippen molar-refractivity contribution in [3.63, 3.8) is 0 Å². The molecule has 0 unspecified atom stereocenters. The summed E-state index contributed by atoms with van der Waals surface area (Å²) < 4.78 is 11.7. The van der Waals surface area contributed by atoms with Crippen LogP contribution in [0.5, 0.6) is 0 Å². The Labute approximate surface area is 163 Å². The van der Waals surface area contributed by atoms with Gasteiger partial charge in [0.25, 0.3) is 0 Å². The summed E-state index contributed by atoms with van der Waals surface area (Å²) in [6, 6.07) is 8.58. The van der Waals surface area contributed by atoms with Crippen LogP contribution in [0.15, 0.2) is 42.5 Å². The van der Waals surface area contributed by atoms with Crippen LogP contribution in [0, 0.1) is 5.92 Å². The maximum absolute atomic E-state index is 12.2. The molecule has 1 aliphatic heterocycles. The van der Waals surface area contributed by atoms with E-state index in [-0.39, 0.29) is 35.6 Å². The molecule has 1 heterocycles. The molecule has 1 aliphatic rings. The van der Waals surface area contributed by atoms with Crippen molar-refractivity contribution in [2.24, 2.45) is 5.92 Å². The van der Waals surface area contributed by atoms with Crippen LogP contribution in [0.25, 0.3) is 0 Å². The number of amides is 1. The van der Waals surface area contributed by atoms with Crippen LogP contribution in [0.3, 0.4) is 0 Å². The van der Waals surface area contributed by atoms with E-state index in [1.165, 1.54) is 0 Å². The van der Waals surface area contributed by atoms with Gasteiger partial charge in [-0.15, -0.1) is 0 Å². The molecule has 0 aliphatic carbocycles. The summed E-state index contributed by atoms with van der Waals surface area (Å²) in [5.74, 6) is -0.742. The molecule has 1 fully saturated rings. The van der Waals surface area contributed by atoms with Gasteiger partial charge in [-0.25, -0.2) is 4.79 Å². The van der Waals surface area contributed by atoms with Crippen molar-refractivity contribution < 1.29 is 18.8 Å². The SMILES string of the molecule is C=C(COC(=O)c1ccccc1)[C@H]1NC(=O)[C@@H]1[C@@H](C)O[Si](C)(C)C(C)(C)C. The predicted molar refractivity (Wildman–Crippen MR) is 109 cm³/mol. The highest BCUT2D eigenvalue weighted by molar-refractivity contribution is 6.74. The Morgan fingerprint density at radius 1 is 1.26 bits per heavy atom. The van der Waals surface area contributed by atoms with Crippen molar-refractivity contribution in [1.82, 2.24) is 5.32 Å². The monoisotopic (exact) mass is 389 g/mol. The maximum atomic E-state index is 12.2. The third-order valence-electron chi connectivity index (χ3n) is 5.59. The Kier molecular flexibility index (Phi) is 6.32. The van der Waals surface area contributed by atoms with E-state index in [4.69, 9.17) is 9.16 Å². The van der Waals surface area contributed by atoms with Crippen molar-refractivity contribution >= 4 is 20.2 Å². The average Bonchev–Trinajstić information content (AvgIpc) is 2.56. The molecule has 0 saturated carbocycles. The molecule has 3 atom stereocenters. The van der Waals surface area contributed by atoms with Gasteiger partial charge in [0.1, 0.15) is 6.61 Å². The van der Waals surface area contributed by atoms with Crippen molar-refractivity contribution in [2.75, 3.05) is 6.61 Å². The van der Waals surface area contributed by atoms with Gasteiger partial charge in [0.15, 0.2) is 8.32 Å². The Morgan fingerprint density at radius 2 is 1.85 bits per heavy atom. The Hall–Kier alpha value is -1.92. The zero-order valence-corrected chi connectivity index (χ0v) is 18.2. The average molecular weight is 390 g/mol. The van der Waals surface area contributed by atoms with Gasteiger partial charge in [0.05, 0.1) is 23.6 Å². The first kappa shape index (κ1) is 21.4. The Balaban J connectivity index is 1.95. The van der Waals surface area contributed by atoms with E-state index in [2.05, 4.69) is 45.8 Å². The summed E-state index contributed by atoms with van der Waals surface area (Å²) in [6.07, 6.45) is -0.216. The summed E-state index contributed by atoms with van der Waals surface area (Å²) >= 11 is 0. The van der Waals surface area contributed by atoms with E-state index in [9.17, 15) is 9.59 Å². The predicted octanol–water partition coefficient (Wildman–Crippen LogP) is 3.92. The summed E-state index contributed by atoms with van der Waals surface area (Å²) in [5.41, 5.74) is 1.17. The van der Waals surface area contributed by atoms with Crippen molar-refractivity contribution in [2.45, 2.75) is 58.0 Å². The molecule has 1 saturated heterocycles. The van der Waals surface area contributed by atoms with Crippen LogP contribution in [0.2, 0.25) is 18.1 Å². The number of benzene rings is 1. The Morgan fingerprint density at radius 3 is 2.37 bits per heavy atom. The molecule has 148 valence electrons. The van der Waals surface area contributed by atoms with Crippen molar-refractivity contribution in [3.05, 3.63) is 48.0 Å². The largest absolute Gasteiger partial charge is 0.458 e. The van der Waals surface area contributed by atoms with Gasteiger partial charge in [0.2, 0.25) is 5.91 Å². The lowest BCUT2D eigenvalue weighted by Crippen LogP contribution is -2.64. The van der Waals surface area contributed by atoms with Gasteiger partial charge in [-0.1, -0.05) is 45.5 Å². The van der Waals surface area contributed by atoms with E-state index in [0.717, 1.165) is 0 Å². The zero-order chi connectivity index (χ0) is 20.4. The first-order chi connectivity index (χ1) is 12.4. The van der Waals surface area contributed by atoms with Crippen LogP contribution in [0.4, 0.5) is 0 Å². The minimum Gasteiger partial charge on any atom is -0.458 e. The second kappa shape index (κ2) is 7.98. The second-order valence-electron chi connectivity index (χ2n) is 8.70. The summed E-state index contributed by atoms with van der Waals surface area (Å²) in [7, 11) is -1.98. The molecule has 2 rings (SSSR count). The standard InChI is InChI=1S/C21H31NO4Si/c1-14(13-25-20(24)16-11-9-8-10-12-16)18-17(19(23)22-18)15(2)26-27(6,7)21(3,4)5/h8-12,15,17-18H,1,13H2,2-7H3,(H,22,23)/t15-,17-,18-/m1/s1. The lowest BCUT2D eigenvalue weighted by Gasteiger charge is -2.45. The van der Waals surface area contributed by atoms with E-state index < -0.39 is 14.3 Å². The summed E-state index contributed by atoms with van der Waals surface area (Å²) in [5, 5.41) is 2.94. The fourth-order valence-electron chi connectivity index (χ4n) is 2.86. The smallest absolute Gasteiger partial charge is 0.338 e. The Bertz CT molecular complexity index is 709. The van der Waals surface area contributed by atoms with Crippen LogP contribution < -0.4 is 5.32 Å². The minimum absolute atomic E-state index is 0.0401. The maximum Gasteiger partial charge on any atom is 0.338 e. The molecule has 6 heteroatoms. The number of carbonyl (C=O) groups is 2. The van der Waals surface area contributed by atoms with Crippen LogP contribution in [-0.4, -0.2) is 38.9 Å². The molecule has 1 amide bonds. The molecule has 0 bridgehead atoms. The molecular weight excluding hydrogens is 358 g/mol. The number of hydrogen-bond donors (Lipinski definition) is 1. The van der Waals surface area contributed by atoms with E-state index >= 15 is 0 Å².